The van der Waals surface area contributed by atoms with Gasteiger partial charge in [0, 0.05) is 37.2 Å². The third-order valence-electron chi connectivity index (χ3n) is 5.48. The molecule has 2 bridgehead atoms. The van der Waals surface area contributed by atoms with Gasteiger partial charge in [-0.3, -0.25) is 4.79 Å². The highest BCUT2D eigenvalue weighted by Gasteiger charge is 2.47. The third kappa shape index (κ3) is 2.55. The smallest absolute Gasteiger partial charge is 0.253 e. The van der Waals surface area contributed by atoms with Crippen LogP contribution in [0.2, 0.25) is 0 Å². The van der Waals surface area contributed by atoms with Crippen molar-refractivity contribution >= 4 is 5.91 Å². The molecule has 2 N–H and O–H groups in total. The van der Waals surface area contributed by atoms with E-state index in [1.807, 2.05) is 35.2 Å². The number of carbonyl (C=O) groups excluding carboxylic acids is 1. The van der Waals surface area contributed by atoms with E-state index in [2.05, 4.69) is 10.3 Å². The number of amides is 1. The van der Waals surface area contributed by atoms with Gasteiger partial charge in [-0.25, -0.2) is 4.98 Å². The molecule has 2 aromatic heterocycles. The second kappa shape index (κ2) is 5.81. The van der Waals surface area contributed by atoms with Crippen molar-refractivity contribution in [3.8, 4) is 5.82 Å². The molecule has 23 heavy (non-hydrogen) atoms. The van der Waals surface area contributed by atoms with Crippen molar-refractivity contribution in [3.05, 3.63) is 48.4 Å². The van der Waals surface area contributed by atoms with Crippen molar-refractivity contribution < 1.29 is 9.90 Å². The van der Waals surface area contributed by atoms with Gasteiger partial charge in [-0.1, -0.05) is 0 Å². The van der Waals surface area contributed by atoms with Crippen molar-refractivity contribution in [2.75, 3.05) is 6.61 Å². The number of hydrogen-bond acceptors (Lipinski definition) is 3. The molecule has 1 amide bonds. The Morgan fingerprint density at radius 3 is 2.74 bits per heavy atom. The highest BCUT2D eigenvalue weighted by atomic mass is 16.3. The van der Waals surface area contributed by atoms with Gasteiger partial charge < -0.3 is 15.0 Å². The van der Waals surface area contributed by atoms with Crippen LogP contribution >= 0.6 is 0 Å². The largest absolute Gasteiger partial charge is 0.396 e. The normalized spacial score (nSPS) is 28.9. The van der Waals surface area contributed by atoms with E-state index in [0.29, 0.717) is 17.4 Å². The highest BCUT2D eigenvalue weighted by Crippen LogP contribution is 2.48. The molecule has 2 saturated carbocycles. The molecule has 2 aromatic rings. The van der Waals surface area contributed by atoms with E-state index in [-0.39, 0.29) is 24.5 Å². The van der Waals surface area contributed by atoms with E-state index in [4.69, 9.17) is 0 Å². The summed E-state index contributed by atoms with van der Waals surface area (Å²) >= 11 is 0. The summed E-state index contributed by atoms with van der Waals surface area (Å²) in [5.74, 6) is 2.01. The van der Waals surface area contributed by atoms with E-state index in [1.165, 1.54) is 6.42 Å². The van der Waals surface area contributed by atoms with Gasteiger partial charge in [0.1, 0.15) is 5.82 Å². The van der Waals surface area contributed by atoms with Gasteiger partial charge in [0.2, 0.25) is 0 Å². The Morgan fingerprint density at radius 2 is 2.04 bits per heavy atom. The monoisotopic (exact) mass is 311 g/mol. The maximum absolute atomic E-state index is 12.5. The van der Waals surface area contributed by atoms with Crippen molar-refractivity contribution in [3.63, 3.8) is 0 Å². The number of nitrogens with one attached hydrogen (secondary N) is 1. The molecular formula is C18H21N3O2. The fourth-order valence-electron chi connectivity index (χ4n) is 4.29. The molecule has 2 fully saturated rings. The number of carbonyl (C=O) groups is 1. The summed E-state index contributed by atoms with van der Waals surface area (Å²) in [6, 6.07) is 7.63. The fourth-order valence-corrected chi connectivity index (χ4v) is 4.29. The molecule has 120 valence electrons. The first-order valence-corrected chi connectivity index (χ1v) is 8.27. The van der Waals surface area contributed by atoms with Gasteiger partial charge in [0.15, 0.2) is 0 Å². The lowest BCUT2D eigenvalue weighted by molar-refractivity contribution is 0.0861. The minimum atomic E-state index is -0.0902. The predicted molar refractivity (Wildman–Crippen MR) is 86.2 cm³/mol. The number of hydrogen-bond donors (Lipinski definition) is 2. The average molecular weight is 311 g/mol. The maximum Gasteiger partial charge on any atom is 0.253 e. The Bertz CT molecular complexity index is 681. The summed E-state index contributed by atoms with van der Waals surface area (Å²) in [4.78, 5) is 16.9. The number of aliphatic hydroxyl groups excluding tert-OH is 1. The Balaban J connectivity index is 1.47. The molecule has 4 rings (SSSR count). The summed E-state index contributed by atoms with van der Waals surface area (Å²) in [6.07, 6.45) is 8.95. The van der Waals surface area contributed by atoms with Crippen molar-refractivity contribution in [1.82, 2.24) is 14.9 Å². The number of pyridine rings is 1. The molecule has 5 heteroatoms. The molecule has 0 radical (unpaired) electrons. The lowest BCUT2D eigenvalue weighted by atomic mass is 9.85. The first-order chi connectivity index (χ1) is 11.3. The standard InChI is InChI=1S/C18H21N3O2/c22-11-15-12-3-4-13(9-12)17(15)20-18(23)14-5-6-16(19-10-14)21-7-1-2-8-21/h1-2,5-8,10,12-13,15,17,22H,3-4,9,11H2,(H,20,23). The lowest BCUT2D eigenvalue weighted by Crippen LogP contribution is -2.45. The Kier molecular flexibility index (Phi) is 3.65. The van der Waals surface area contributed by atoms with Crippen LogP contribution in [0.1, 0.15) is 29.6 Å². The van der Waals surface area contributed by atoms with Gasteiger partial charge >= 0.3 is 0 Å². The van der Waals surface area contributed by atoms with Crippen LogP contribution in [0.3, 0.4) is 0 Å². The quantitative estimate of drug-likeness (QED) is 0.907. The topological polar surface area (TPSA) is 67.2 Å². The Morgan fingerprint density at radius 1 is 1.26 bits per heavy atom. The summed E-state index contributed by atoms with van der Waals surface area (Å²) in [5.41, 5.74) is 0.570. The van der Waals surface area contributed by atoms with Crippen LogP contribution in [-0.2, 0) is 0 Å². The van der Waals surface area contributed by atoms with Crippen LogP contribution in [0.5, 0.6) is 0 Å². The average Bonchev–Trinajstić information content (AvgIpc) is 3.32. The zero-order chi connectivity index (χ0) is 15.8. The number of aliphatic hydroxyl groups is 1. The zero-order valence-electron chi connectivity index (χ0n) is 12.9. The first kappa shape index (κ1) is 14.5. The van der Waals surface area contributed by atoms with Crippen molar-refractivity contribution in [2.45, 2.75) is 25.3 Å². The summed E-state index contributed by atoms with van der Waals surface area (Å²) in [7, 11) is 0. The van der Waals surface area contributed by atoms with Gasteiger partial charge in [-0.15, -0.1) is 0 Å². The minimum Gasteiger partial charge on any atom is -0.396 e. The molecule has 4 unspecified atom stereocenters. The molecular weight excluding hydrogens is 290 g/mol. The fraction of sp³-hybridized carbons (Fsp3) is 0.444. The minimum absolute atomic E-state index is 0.0902. The van der Waals surface area contributed by atoms with Crippen molar-refractivity contribution in [2.24, 2.45) is 17.8 Å². The second-order valence-corrected chi connectivity index (χ2v) is 6.67. The molecule has 0 spiro atoms. The second-order valence-electron chi connectivity index (χ2n) is 6.67. The highest BCUT2D eigenvalue weighted by molar-refractivity contribution is 5.94. The van der Waals surface area contributed by atoms with Crippen LogP contribution in [0.4, 0.5) is 0 Å². The summed E-state index contributed by atoms with van der Waals surface area (Å²) < 4.78 is 1.90. The van der Waals surface area contributed by atoms with Gasteiger partial charge in [-0.05, 0) is 55.4 Å². The van der Waals surface area contributed by atoms with Crippen LogP contribution in [0.25, 0.3) is 5.82 Å². The molecule has 5 nitrogen and oxygen atoms in total. The van der Waals surface area contributed by atoms with Crippen LogP contribution < -0.4 is 5.32 Å². The third-order valence-corrected chi connectivity index (χ3v) is 5.48. The van der Waals surface area contributed by atoms with E-state index in [9.17, 15) is 9.90 Å². The van der Waals surface area contributed by atoms with Crippen molar-refractivity contribution in [1.29, 1.82) is 0 Å². The molecule has 0 aliphatic heterocycles. The molecule has 4 atom stereocenters. The number of rotatable bonds is 4. The Hall–Kier alpha value is -2.14. The van der Waals surface area contributed by atoms with E-state index >= 15 is 0 Å². The molecule has 0 aromatic carbocycles. The van der Waals surface area contributed by atoms with E-state index < -0.39 is 0 Å². The van der Waals surface area contributed by atoms with Gasteiger partial charge in [-0.2, -0.15) is 0 Å². The molecule has 0 saturated heterocycles. The number of fused-ring (bicyclic) bond motifs is 2. The maximum atomic E-state index is 12.5. The lowest BCUT2D eigenvalue weighted by Gasteiger charge is -2.30. The van der Waals surface area contributed by atoms with Crippen LogP contribution in [-0.4, -0.2) is 33.2 Å². The van der Waals surface area contributed by atoms with Crippen LogP contribution in [0.15, 0.2) is 42.9 Å². The Labute approximate surface area is 135 Å². The molecule has 2 aliphatic carbocycles. The zero-order valence-corrected chi connectivity index (χ0v) is 12.9. The van der Waals surface area contributed by atoms with E-state index in [1.54, 1.807) is 12.3 Å². The first-order valence-electron chi connectivity index (χ1n) is 8.27. The molecule has 2 heterocycles. The van der Waals surface area contributed by atoms with Gasteiger partial charge in [0.25, 0.3) is 5.91 Å². The van der Waals surface area contributed by atoms with Gasteiger partial charge in [0.05, 0.1) is 5.56 Å². The summed E-state index contributed by atoms with van der Waals surface area (Å²) in [6.45, 7) is 0.164. The van der Waals surface area contributed by atoms with Crippen LogP contribution in [0, 0.1) is 17.8 Å². The number of nitrogens with zero attached hydrogens (tertiary/aromatic N) is 2. The summed E-state index contributed by atoms with van der Waals surface area (Å²) in [5, 5.41) is 12.8. The van der Waals surface area contributed by atoms with E-state index in [0.717, 1.165) is 18.7 Å². The molecule has 2 aliphatic rings. The number of aromatic nitrogens is 2. The SMILES string of the molecule is O=C(NC1C2CCC(C2)C1CO)c1ccc(-n2cccc2)nc1. The predicted octanol–water partition coefficient (Wildman–Crippen LogP) is 2.01.